The monoisotopic (exact) mass is 392 g/mol. The Hall–Kier alpha value is -2.29. The Morgan fingerprint density at radius 1 is 1.19 bits per heavy atom. The van der Waals surface area contributed by atoms with Gasteiger partial charge in [-0.15, -0.1) is 0 Å². The van der Waals surface area contributed by atoms with E-state index in [1.165, 1.54) is 36.4 Å². The lowest BCUT2D eigenvalue weighted by molar-refractivity contribution is 0.0857. The van der Waals surface area contributed by atoms with E-state index < -0.39 is 15.8 Å². The van der Waals surface area contributed by atoms with Crippen LogP contribution in [0.1, 0.15) is 28.8 Å². The van der Waals surface area contributed by atoms with Crippen LogP contribution in [-0.4, -0.2) is 33.6 Å². The normalized spacial score (nSPS) is 17.0. The molecule has 0 saturated carbocycles. The van der Waals surface area contributed by atoms with E-state index in [2.05, 4.69) is 10.0 Å². The molecular formula is C19H21FN2O4S. The lowest BCUT2D eigenvalue weighted by Gasteiger charge is -2.12. The summed E-state index contributed by atoms with van der Waals surface area (Å²) in [6.45, 7) is 0.910. The summed E-state index contributed by atoms with van der Waals surface area (Å²) in [6, 6.07) is 11.7. The first-order chi connectivity index (χ1) is 13.0. The van der Waals surface area contributed by atoms with Crippen molar-refractivity contribution in [1.82, 2.24) is 10.0 Å². The zero-order valence-corrected chi connectivity index (χ0v) is 15.5. The molecule has 1 fully saturated rings. The van der Waals surface area contributed by atoms with Crippen molar-refractivity contribution in [3.63, 3.8) is 0 Å². The summed E-state index contributed by atoms with van der Waals surface area (Å²) in [5, 5.41) is 2.76. The van der Waals surface area contributed by atoms with Gasteiger partial charge >= 0.3 is 0 Å². The first-order valence-electron chi connectivity index (χ1n) is 8.68. The van der Waals surface area contributed by atoms with Gasteiger partial charge in [0.1, 0.15) is 5.82 Å². The van der Waals surface area contributed by atoms with Crippen LogP contribution in [0.3, 0.4) is 0 Å². The van der Waals surface area contributed by atoms with Crippen LogP contribution in [0.5, 0.6) is 0 Å². The van der Waals surface area contributed by atoms with Crippen LogP contribution in [-0.2, 0) is 21.3 Å². The van der Waals surface area contributed by atoms with E-state index in [1.54, 1.807) is 12.1 Å². The highest BCUT2D eigenvalue weighted by Gasteiger charge is 2.19. The minimum atomic E-state index is -3.88. The standard InChI is InChI=1S/C19H21FN2O4S/c20-18-9-2-1-5-15(18)12-22-27(24,25)17-8-3-6-14(11-17)19(23)21-13-16-7-4-10-26-16/h1-3,5-6,8-9,11,16,22H,4,7,10,12-13H2,(H,21,23). The molecule has 2 N–H and O–H groups in total. The Morgan fingerprint density at radius 2 is 2.00 bits per heavy atom. The van der Waals surface area contributed by atoms with Crippen LogP contribution < -0.4 is 10.0 Å². The predicted molar refractivity (Wildman–Crippen MR) is 98.2 cm³/mol. The molecule has 1 amide bonds. The number of nitrogens with one attached hydrogen (secondary N) is 2. The maximum Gasteiger partial charge on any atom is 0.251 e. The van der Waals surface area contributed by atoms with Crippen LogP contribution in [0, 0.1) is 5.82 Å². The molecule has 0 bridgehead atoms. The van der Waals surface area contributed by atoms with Crippen LogP contribution in [0.25, 0.3) is 0 Å². The lowest BCUT2D eigenvalue weighted by Crippen LogP contribution is -2.32. The van der Waals surface area contributed by atoms with Gasteiger partial charge in [0.15, 0.2) is 0 Å². The van der Waals surface area contributed by atoms with Gasteiger partial charge in [-0.3, -0.25) is 4.79 Å². The molecule has 144 valence electrons. The maximum atomic E-state index is 13.7. The number of carbonyl (C=O) groups excluding carboxylic acids is 1. The van der Waals surface area contributed by atoms with Crippen molar-refractivity contribution >= 4 is 15.9 Å². The fourth-order valence-corrected chi connectivity index (χ4v) is 3.87. The van der Waals surface area contributed by atoms with Crippen molar-refractivity contribution in [2.24, 2.45) is 0 Å². The highest BCUT2D eigenvalue weighted by molar-refractivity contribution is 7.89. The molecule has 0 aromatic heterocycles. The van der Waals surface area contributed by atoms with Gasteiger partial charge in [0.25, 0.3) is 5.91 Å². The first kappa shape index (κ1) is 19.5. The molecule has 0 spiro atoms. The number of amides is 1. The number of halogens is 1. The fraction of sp³-hybridized carbons (Fsp3) is 0.316. The number of sulfonamides is 1. The molecule has 6 nitrogen and oxygen atoms in total. The Balaban J connectivity index is 1.66. The van der Waals surface area contributed by atoms with E-state index in [0.717, 1.165) is 12.8 Å². The van der Waals surface area contributed by atoms with Gasteiger partial charge in [0.05, 0.1) is 11.0 Å². The number of ether oxygens (including phenoxy) is 1. The average molecular weight is 392 g/mol. The summed E-state index contributed by atoms with van der Waals surface area (Å²) >= 11 is 0. The molecule has 27 heavy (non-hydrogen) atoms. The summed E-state index contributed by atoms with van der Waals surface area (Å²) in [5.74, 6) is -0.848. The molecule has 3 rings (SSSR count). The molecular weight excluding hydrogens is 371 g/mol. The van der Waals surface area contributed by atoms with E-state index >= 15 is 0 Å². The third-order valence-corrected chi connectivity index (χ3v) is 5.73. The maximum absolute atomic E-state index is 13.7. The third-order valence-electron chi connectivity index (χ3n) is 4.33. The molecule has 1 unspecified atom stereocenters. The second-order valence-electron chi connectivity index (χ2n) is 6.29. The SMILES string of the molecule is O=C(NCC1CCCO1)c1cccc(S(=O)(=O)NCc2ccccc2F)c1. The summed E-state index contributed by atoms with van der Waals surface area (Å²) in [4.78, 5) is 12.2. The van der Waals surface area contributed by atoms with E-state index in [0.29, 0.717) is 13.2 Å². The zero-order chi connectivity index (χ0) is 19.3. The fourth-order valence-electron chi connectivity index (χ4n) is 2.82. The van der Waals surface area contributed by atoms with E-state index in [9.17, 15) is 17.6 Å². The number of rotatable bonds is 7. The minimum absolute atomic E-state index is 0.00306. The quantitative estimate of drug-likeness (QED) is 0.757. The van der Waals surface area contributed by atoms with Gasteiger partial charge in [-0.05, 0) is 37.1 Å². The molecule has 0 aliphatic carbocycles. The van der Waals surface area contributed by atoms with Gasteiger partial charge in [0.2, 0.25) is 10.0 Å². The Kier molecular flexibility index (Phi) is 6.20. The number of hydrogen-bond donors (Lipinski definition) is 2. The highest BCUT2D eigenvalue weighted by atomic mass is 32.2. The topological polar surface area (TPSA) is 84.5 Å². The first-order valence-corrected chi connectivity index (χ1v) is 10.2. The number of benzene rings is 2. The largest absolute Gasteiger partial charge is 0.376 e. The number of carbonyl (C=O) groups is 1. The van der Waals surface area contributed by atoms with Crippen molar-refractivity contribution in [2.75, 3.05) is 13.2 Å². The van der Waals surface area contributed by atoms with Crippen molar-refractivity contribution in [2.45, 2.75) is 30.4 Å². The Morgan fingerprint density at radius 3 is 2.74 bits per heavy atom. The molecule has 1 aliphatic rings. The van der Waals surface area contributed by atoms with E-state index in [1.807, 2.05) is 0 Å². The molecule has 1 aliphatic heterocycles. The van der Waals surface area contributed by atoms with Crippen molar-refractivity contribution in [3.8, 4) is 0 Å². The van der Waals surface area contributed by atoms with E-state index in [4.69, 9.17) is 4.74 Å². The van der Waals surface area contributed by atoms with Crippen LogP contribution in [0.2, 0.25) is 0 Å². The molecule has 2 aromatic rings. The van der Waals surface area contributed by atoms with E-state index in [-0.39, 0.29) is 34.6 Å². The van der Waals surface area contributed by atoms with Gasteiger partial charge in [-0.2, -0.15) is 0 Å². The Labute approximate surface area is 157 Å². The van der Waals surface area contributed by atoms with Gasteiger partial charge in [0, 0.05) is 30.8 Å². The van der Waals surface area contributed by atoms with Crippen LogP contribution >= 0.6 is 0 Å². The van der Waals surface area contributed by atoms with Crippen molar-refractivity contribution in [1.29, 1.82) is 0 Å². The van der Waals surface area contributed by atoms with Crippen molar-refractivity contribution in [3.05, 3.63) is 65.5 Å². The number of hydrogen-bond acceptors (Lipinski definition) is 4. The second-order valence-corrected chi connectivity index (χ2v) is 8.06. The molecule has 8 heteroatoms. The van der Waals surface area contributed by atoms with Gasteiger partial charge in [-0.1, -0.05) is 24.3 Å². The molecule has 1 atom stereocenters. The van der Waals surface area contributed by atoms with Gasteiger partial charge < -0.3 is 10.1 Å². The molecule has 0 radical (unpaired) electrons. The summed E-state index contributed by atoms with van der Waals surface area (Å²) in [6.07, 6.45) is 1.87. The lowest BCUT2D eigenvalue weighted by atomic mass is 10.2. The van der Waals surface area contributed by atoms with Gasteiger partial charge in [-0.25, -0.2) is 17.5 Å². The highest BCUT2D eigenvalue weighted by Crippen LogP contribution is 2.14. The zero-order valence-electron chi connectivity index (χ0n) is 14.7. The third kappa shape index (κ3) is 5.12. The molecule has 1 saturated heterocycles. The average Bonchev–Trinajstić information content (AvgIpc) is 3.19. The van der Waals surface area contributed by atoms with Crippen LogP contribution in [0.15, 0.2) is 53.4 Å². The predicted octanol–water partition coefficient (Wildman–Crippen LogP) is 2.21. The summed E-state index contributed by atoms with van der Waals surface area (Å²) in [5.41, 5.74) is 0.480. The Bertz CT molecular complexity index is 911. The minimum Gasteiger partial charge on any atom is -0.376 e. The smallest absolute Gasteiger partial charge is 0.251 e. The van der Waals surface area contributed by atoms with Crippen LogP contribution in [0.4, 0.5) is 4.39 Å². The second kappa shape index (κ2) is 8.60. The molecule has 1 heterocycles. The summed E-state index contributed by atoms with van der Waals surface area (Å²) in [7, 11) is -3.88. The summed E-state index contributed by atoms with van der Waals surface area (Å²) < 4.78 is 46.4. The van der Waals surface area contributed by atoms with Crippen molar-refractivity contribution < 1.29 is 22.3 Å². The molecule has 2 aromatic carbocycles.